The molecule has 0 saturated heterocycles. The Balaban J connectivity index is 2.64. The molecule has 3 nitrogen and oxygen atoms in total. The van der Waals surface area contributed by atoms with Crippen LogP contribution in [0.25, 0.3) is 11.1 Å². The molecule has 0 amide bonds. The number of carbonyl (C=O) groups excluding carboxylic acids is 1. The Hall–Kier alpha value is -2.03. The van der Waals surface area contributed by atoms with E-state index in [0.717, 1.165) is 23.1 Å². The van der Waals surface area contributed by atoms with Crippen LogP contribution >= 0.6 is 0 Å². The number of carbonyl (C=O) groups is 1. The van der Waals surface area contributed by atoms with Gasteiger partial charge in [0.2, 0.25) is 0 Å². The third kappa shape index (κ3) is 1.76. The lowest BCUT2D eigenvalue weighted by Gasteiger charge is -2.05. The second-order valence-electron chi connectivity index (χ2n) is 3.23. The number of aromatic nitrogens is 2. The number of hydrogen-bond acceptors (Lipinski definition) is 3. The molecule has 1 aromatic heterocycles. The Labute approximate surface area is 87.8 Å². The fourth-order valence-corrected chi connectivity index (χ4v) is 1.50. The maximum atomic E-state index is 10.9. The molecule has 0 radical (unpaired) electrons. The zero-order chi connectivity index (χ0) is 10.7. The minimum absolute atomic E-state index is 0.662. The molecular formula is C12H10N2O. The molecule has 1 aromatic carbocycles. The number of nitrogens with zero attached hydrogens (tertiary/aromatic N) is 2. The molecule has 0 spiro atoms. The van der Waals surface area contributed by atoms with Crippen LogP contribution in [0.5, 0.6) is 0 Å². The maximum absolute atomic E-state index is 10.9. The van der Waals surface area contributed by atoms with E-state index in [1.165, 1.54) is 6.33 Å². The summed E-state index contributed by atoms with van der Waals surface area (Å²) in [5.74, 6) is 0. The van der Waals surface area contributed by atoms with E-state index >= 15 is 0 Å². The van der Waals surface area contributed by atoms with Crippen molar-refractivity contribution in [2.24, 2.45) is 0 Å². The number of aryl methyl sites for hydroxylation is 1. The van der Waals surface area contributed by atoms with Crippen LogP contribution in [-0.2, 0) is 0 Å². The predicted octanol–water partition coefficient (Wildman–Crippen LogP) is 2.26. The fraction of sp³-hybridized carbons (Fsp3) is 0.0833. The van der Waals surface area contributed by atoms with Crippen molar-refractivity contribution in [3.05, 3.63) is 48.0 Å². The summed E-state index contributed by atoms with van der Waals surface area (Å²) in [5, 5.41) is 0. The van der Waals surface area contributed by atoms with E-state index in [4.69, 9.17) is 0 Å². The highest BCUT2D eigenvalue weighted by atomic mass is 16.1. The second-order valence-corrected chi connectivity index (χ2v) is 3.23. The van der Waals surface area contributed by atoms with Gasteiger partial charge in [-0.05, 0) is 12.5 Å². The fourth-order valence-electron chi connectivity index (χ4n) is 1.50. The molecule has 0 atom stereocenters. The molecule has 1 heterocycles. The van der Waals surface area contributed by atoms with Gasteiger partial charge >= 0.3 is 0 Å². The first kappa shape index (κ1) is 9.52. The van der Waals surface area contributed by atoms with Gasteiger partial charge in [-0.25, -0.2) is 9.97 Å². The van der Waals surface area contributed by atoms with Crippen LogP contribution in [-0.4, -0.2) is 16.3 Å². The lowest BCUT2D eigenvalue weighted by Crippen LogP contribution is -1.92. The van der Waals surface area contributed by atoms with Crippen LogP contribution in [0.1, 0.15) is 16.1 Å². The molecule has 0 aliphatic carbocycles. The average Bonchev–Trinajstić information content (AvgIpc) is 2.30. The number of hydrogen-bond donors (Lipinski definition) is 0. The van der Waals surface area contributed by atoms with Crippen molar-refractivity contribution in [3.63, 3.8) is 0 Å². The van der Waals surface area contributed by atoms with Crippen LogP contribution in [0, 0.1) is 6.92 Å². The van der Waals surface area contributed by atoms with Gasteiger partial charge in [0.05, 0.1) is 0 Å². The quantitative estimate of drug-likeness (QED) is 0.695. The molecule has 3 heteroatoms. The lowest BCUT2D eigenvalue weighted by molar-refractivity contribution is 0.112. The van der Waals surface area contributed by atoms with E-state index < -0.39 is 0 Å². The molecule has 2 aromatic rings. The average molecular weight is 198 g/mol. The van der Waals surface area contributed by atoms with Crippen LogP contribution < -0.4 is 0 Å². The first-order valence-corrected chi connectivity index (χ1v) is 4.64. The topological polar surface area (TPSA) is 42.9 Å². The summed E-state index contributed by atoms with van der Waals surface area (Å²) < 4.78 is 0. The van der Waals surface area contributed by atoms with E-state index in [1.54, 1.807) is 12.3 Å². The molecule has 15 heavy (non-hydrogen) atoms. The third-order valence-electron chi connectivity index (χ3n) is 2.29. The van der Waals surface area contributed by atoms with Gasteiger partial charge in [-0.15, -0.1) is 0 Å². The van der Waals surface area contributed by atoms with Gasteiger partial charge in [0.25, 0.3) is 0 Å². The maximum Gasteiger partial charge on any atom is 0.150 e. The zero-order valence-electron chi connectivity index (χ0n) is 8.34. The number of rotatable bonds is 2. The van der Waals surface area contributed by atoms with Crippen molar-refractivity contribution >= 4 is 6.29 Å². The molecule has 74 valence electrons. The Morgan fingerprint density at radius 3 is 2.73 bits per heavy atom. The summed E-state index contributed by atoms with van der Waals surface area (Å²) >= 11 is 0. The Kier molecular flexibility index (Phi) is 2.54. The monoisotopic (exact) mass is 198 g/mol. The molecule has 0 N–H and O–H groups in total. The highest BCUT2D eigenvalue weighted by Gasteiger charge is 2.06. The Morgan fingerprint density at radius 1 is 1.20 bits per heavy atom. The van der Waals surface area contributed by atoms with E-state index in [-0.39, 0.29) is 0 Å². The van der Waals surface area contributed by atoms with Crippen LogP contribution in [0.4, 0.5) is 0 Å². The van der Waals surface area contributed by atoms with Crippen molar-refractivity contribution < 1.29 is 4.79 Å². The molecular weight excluding hydrogens is 188 g/mol. The molecule has 0 aliphatic rings. The first-order valence-electron chi connectivity index (χ1n) is 4.64. The summed E-state index contributed by atoms with van der Waals surface area (Å²) in [6.07, 6.45) is 4.08. The summed E-state index contributed by atoms with van der Waals surface area (Å²) in [5.41, 5.74) is 3.32. The third-order valence-corrected chi connectivity index (χ3v) is 2.29. The van der Waals surface area contributed by atoms with Gasteiger partial charge in [0.15, 0.2) is 6.29 Å². The number of benzene rings is 1. The van der Waals surface area contributed by atoms with Gasteiger partial charge in [0, 0.05) is 23.0 Å². The van der Waals surface area contributed by atoms with Crippen LogP contribution in [0.3, 0.4) is 0 Å². The normalized spacial score (nSPS) is 9.93. The second kappa shape index (κ2) is 4.00. The van der Waals surface area contributed by atoms with E-state index in [9.17, 15) is 4.79 Å². The van der Waals surface area contributed by atoms with Crippen LogP contribution in [0.15, 0.2) is 36.8 Å². The first-order chi connectivity index (χ1) is 7.33. The van der Waals surface area contributed by atoms with Crippen LogP contribution in [0.2, 0.25) is 0 Å². The van der Waals surface area contributed by atoms with Gasteiger partial charge in [0.1, 0.15) is 6.33 Å². The van der Waals surface area contributed by atoms with E-state index in [0.29, 0.717) is 5.56 Å². The highest BCUT2D eigenvalue weighted by molar-refractivity contribution is 5.87. The Bertz CT molecular complexity index is 494. The summed E-state index contributed by atoms with van der Waals surface area (Å²) in [6, 6.07) is 7.42. The highest BCUT2D eigenvalue weighted by Crippen LogP contribution is 2.23. The standard InChI is InChI=1S/C12H10N2O/c1-9-12(6-13-8-14-9)11-5-3-2-4-10(11)7-15/h2-8H,1H3. The summed E-state index contributed by atoms with van der Waals surface area (Å²) in [7, 11) is 0. The van der Waals surface area contributed by atoms with Crippen molar-refractivity contribution in [2.75, 3.05) is 0 Å². The smallest absolute Gasteiger partial charge is 0.150 e. The van der Waals surface area contributed by atoms with Crippen molar-refractivity contribution in [2.45, 2.75) is 6.92 Å². The predicted molar refractivity (Wildman–Crippen MR) is 57.6 cm³/mol. The molecule has 0 unspecified atom stereocenters. The van der Waals surface area contributed by atoms with Crippen molar-refractivity contribution in [3.8, 4) is 11.1 Å². The largest absolute Gasteiger partial charge is 0.298 e. The van der Waals surface area contributed by atoms with Crippen molar-refractivity contribution in [1.82, 2.24) is 9.97 Å². The summed E-state index contributed by atoms with van der Waals surface area (Å²) in [6.45, 7) is 1.90. The molecule has 0 bridgehead atoms. The molecule has 0 fully saturated rings. The Morgan fingerprint density at radius 2 is 2.00 bits per heavy atom. The summed E-state index contributed by atoms with van der Waals surface area (Å²) in [4.78, 5) is 18.9. The van der Waals surface area contributed by atoms with Gasteiger partial charge < -0.3 is 0 Å². The number of aldehydes is 1. The van der Waals surface area contributed by atoms with E-state index in [2.05, 4.69) is 9.97 Å². The van der Waals surface area contributed by atoms with Gasteiger partial charge in [-0.1, -0.05) is 24.3 Å². The molecule has 0 saturated carbocycles. The van der Waals surface area contributed by atoms with Crippen molar-refractivity contribution in [1.29, 1.82) is 0 Å². The van der Waals surface area contributed by atoms with Gasteiger partial charge in [-0.2, -0.15) is 0 Å². The van der Waals surface area contributed by atoms with E-state index in [1.807, 2.05) is 25.1 Å². The molecule has 0 aliphatic heterocycles. The SMILES string of the molecule is Cc1ncncc1-c1ccccc1C=O. The zero-order valence-corrected chi connectivity index (χ0v) is 8.34. The minimum Gasteiger partial charge on any atom is -0.298 e. The molecule has 2 rings (SSSR count). The minimum atomic E-state index is 0.662. The van der Waals surface area contributed by atoms with Gasteiger partial charge in [-0.3, -0.25) is 4.79 Å². The lowest BCUT2D eigenvalue weighted by atomic mass is 10.0.